The maximum absolute atomic E-state index is 14.1. The zero-order chi connectivity index (χ0) is 21.1. The van der Waals surface area contributed by atoms with Crippen molar-refractivity contribution in [2.75, 3.05) is 0 Å². The molecule has 2 atom stereocenters. The number of hydrogen-bond donors (Lipinski definition) is 0. The molecule has 156 valence electrons. The predicted molar refractivity (Wildman–Crippen MR) is 117 cm³/mol. The second-order valence-corrected chi connectivity index (χ2v) is 16.0. The van der Waals surface area contributed by atoms with E-state index in [4.69, 9.17) is 4.43 Å². The van der Waals surface area contributed by atoms with E-state index in [1.165, 1.54) is 6.07 Å². The highest BCUT2D eigenvalue weighted by atomic mass is 79.9. The van der Waals surface area contributed by atoms with Gasteiger partial charge in [-0.1, -0.05) is 36.7 Å². The third-order valence-electron chi connectivity index (χ3n) is 7.18. The van der Waals surface area contributed by atoms with Gasteiger partial charge in [-0.3, -0.25) is 4.79 Å². The van der Waals surface area contributed by atoms with Crippen LogP contribution in [-0.2, 0) is 14.8 Å². The topological polar surface area (TPSA) is 29.5 Å². The number of carbonyl (C=O) groups excluding carboxylic acids is 1. The first-order valence-corrected chi connectivity index (χ1v) is 13.9. The van der Waals surface area contributed by atoms with Gasteiger partial charge in [-0.25, -0.2) is 4.39 Å². The fourth-order valence-electron chi connectivity index (χ4n) is 4.81. The smallest absolute Gasteiger partial charge is 0.223 e. The van der Waals surface area contributed by atoms with Crippen molar-refractivity contribution in [3.63, 3.8) is 0 Å². The van der Waals surface area contributed by atoms with Crippen LogP contribution in [0.15, 0.2) is 22.7 Å². The molecule has 28 heavy (non-hydrogen) atoms. The Morgan fingerprint density at radius 1 is 1.21 bits per heavy atom. The zero-order valence-electron chi connectivity index (χ0n) is 18.2. The number of fused-ring (bicyclic) bond motifs is 1. The van der Waals surface area contributed by atoms with E-state index >= 15 is 0 Å². The molecule has 0 aromatic heterocycles. The fourth-order valence-corrected chi connectivity index (χ4v) is 7.18. The highest BCUT2D eigenvalue weighted by molar-refractivity contribution is 9.10. The lowest BCUT2D eigenvalue weighted by Gasteiger charge is -2.48. The van der Waals surface area contributed by atoms with E-state index in [9.17, 15) is 9.18 Å². The highest BCUT2D eigenvalue weighted by Crippen LogP contribution is 2.55. The molecule has 2 saturated heterocycles. The van der Waals surface area contributed by atoms with Crippen molar-refractivity contribution in [1.82, 2.24) is 4.90 Å². The first-order valence-electron chi connectivity index (χ1n) is 10.2. The molecule has 0 saturated carbocycles. The minimum absolute atomic E-state index is 0.00760. The van der Waals surface area contributed by atoms with Crippen molar-refractivity contribution in [3.05, 3.63) is 34.1 Å². The summed E-state index contributed by atoms with van der Waals surface area (Å²) in [4.78, 5) is 15.1. The van der Waals surface area contributed by atoms with Gasteiger partial charge in [0.15, 0.2) is 8.32 Å². The molecule has 1 aromatic carbocycles. The van der Waals surface area contributed by atoms with Crippen LogP contribution in [0.5, 0.6) is 0 Å². The van der Waals surface area contributed by atoms with E-state index in [1.54, 1.807) is 12.1 Å². The lowest BCUT2D eigenvalue weighted by molar-refractivity contribution is -0.136. The summed E-state index contributed by atoms with van der Waals surface area (Å²) in [6, 6.07) is 4.80. The molecule has 2 heterocycles. The Hall–Kier alpha value is -0.723. The van der Waals surface area contributed by atoms with E-state index in [-0.39, 0.29) is 22.8 Å². The first-order chi connectivity index (χ1) is 12.7. The average molecular weight is 470 g/mol. The SMILES string of the molecule is CC(C)(O[Si](C)(C)C(C)(C)C)[C@H]1CC[C@]2(c3cc(F)ccc3Br)CCC(=O)N12. The molecule has 0 N–H and O–H groups in total. The molecule has 0 unspecified atom stereocenters. The van der Waals surface area contributed by atoms with Gasteiger partial charge in [0.25, 0.3) is 0 Å². The molecule has 3 nitrogen and oxygen atoms in total. The quantitative estimate of drug-likeness (QED) is 0.479. The fraction of sp³-hybridized carbons (Fsp3) is 0.682. The van der Waals surface area contributed by atoms with Crippen molar-refractivity contribution in [2.45, 2.75) is 95.6 Å². The molecule has 6 heteroatoms. The molecule has 0 aliphatic carbocycles. The number of carbonyl (C=O) groups is 1. The Morgan fingerprint density at radius 2 is 1.86 bits per heavy atom. The van der Waals surface area contributed by atoms with Crippen LogP contribution in [0.3, 0.4) is 0 Å². The number of amides is 1. The summed E-state index contributed by atoms with van der Waals surface area (Å²) in [6.45, 7) is 15.5. The summed E-state index contributed by atoms with van der Waals surface area (Å²) < 4.78 is 21.8. The third-order valence-corrected chi connectivity index (χ3v) is 12.5. The van der Waals surface area contributed by atoms with Crippen LogP contribution in [0, 0.1) is 5.82 Å². The molecule has 2 fully saturated rings. The molecular formula is C22H33BrFNO2Si. The maximum atomic E-state index is 14.1. The van der Waals surface area contributed by atoms with E-state index in [0.717, 1.165) is 29.3 Å². The van der Waals surface area contributed by atoms with Gasteiger partial charge < -0.3 is 9.33 Å². The Kier molecular flexibility index (Phi) is 5.43. The monoisotopic (exact) mass is 469 g/mol. The number of nitrogens with zero attached hydrogens (tertiary/aromatic N) is 1. The maximum Gasteiger partial charge on any atom is 0.223 e. The molecule has 0 spiro atoms. The van der Waals surface area contributed by atoms with Crippen LogP contribution in [0.4, 0.5) is 4.39 Å². The predicted octanol–water partition coefficient (Wildman–Crippen LogP) is 6.37. The van der Waals surface area contributed by atoms with Crippen molar-refractivity contribution >= 4 is 30.2 Å². The lowest BCUT2D eigenvalue weighted by Crippen LogP contribution is -2.57. The number of hydrogen-bond acceptors (Lipinski definition) is 2. The lowest BCUT2D eigenvalue weighted by atomic mass is 9.86. The third kappa shape index (κ3) is 3.50. The van der Waals surface area contributed by atoms with E-state index in [2.05, 4.69) is 63.6 Å². The zero-order valence-corrected chi connectivity index (χ0v) is 20.7. The minimum atomic E-state index is -2.00. The van der Waals surface area contributed by atoms with Crippen LogP contribution in [0.1, 0.15) is 65.9 Å². The van der Waals surface area contributed by atoms with Gasteiger partial charge in [-0.15, -0.1) is 0 Å². The molecule has 3 rings (SSSR count). The van der Waals surface area contributed by atoms with Crippen molar-refractivity contribution in [1.29, 1.82) is 0 Å². The van der Waals surface area contributed by atoms with Crippen LogP contribution in [-0.4, -0.2) is 30.8 Å². The van der Waals surface area contributed by atoms with Crippen molar-refractivity contribution in [2.24, 2.45) is 0 Å². The average Bonchev–Trinajstić information content (AvgIpc) is 3.07. The Bertz CT molecular complexity index is 789. The number of rotatable bonds is 4. The second-order valence-electron chi connectivity index (χ2n) is 10.4. The molecule has 1 amide bonds. The molecule has 2 aliphatic rings. The van der Waals surface area contributed by atoms with E-state index in [0.29, 0.717) is 6.42 Å². The highest BCUT2D eigenvalue weighted by Gasteiger charge is 2.59. The Morgan fingerprint density at radius 3 is 2.46 bits per heavy atom. The van der Waals surface area contributed by atoms with E-state index in [1.807, 2.05) is 4.90 Å². The van der Waals surface area contributed by atoms with Gasteiger partial charge in [-0.2, -0.15) is 0 Å². The molecule has 0 radical (unpaired) electrons. The summed E-state index contributed by atoms with van der Waals surface area (Å²) in [5.41, 5.74) is 0.00497. The summed E-state index contributed by atoms with van der Waals surface area (Å²) in [7, 11) is -2.00. The summed E-state index contributed by atoms with van der Waals surface area (Å²) >= 11 is 3.61. The van der Waals surface area contributed by atoms with Crippen molar-refractivity contribution < 1.29 is 13.6 Å². The molecule has 2 aliphatic heterocycles. The van der Waals surface area contributed by atoms with Gasteiger partial charge in [0.05, 0.1) is 17.2 Å². The summed E-state index contributed by atoms with van der Waals surface area (Å²) in [6.07, 6.45) is 2.96. The standard InChI is InChI=1S/C22H33BrFNO2Si/c1-20(2,3)28(6,7)27-21(4,5)18-10-12-22(13-11-19(26)25(18)22)16-14-15(24)8-9-17(16)23/h8-9,14,18H,10-13H2,1-7H3/t18-,22-/m1/s1. The molecule has 0 bridgehead atoms. The minimum Gasteiger partial charge on any atom is -0.410 e. The van der Waals surface area contributed by atoms with Gasteiger partial charge in [-0.05, 0) is 75.0 Å². The second kappa shape index (κ2) is 6.91. The summed E-state index contributed by atoms with van der Waals surface area (Å²) in [5, 5.41) is 0.0978. The van der Waals surface area contributed by atoms with Crippen LogP contribution in [0.2, 0.25) is 18.1 Å². The van der Waals surface area contributed by atoms with Gasteiger partial charge in [0.2, 0.25) is 5.91 Å². The van der Waals surface area contributed by atoms with Gasteiger partial charge in [0.1, 0.15) is 5.82 Å². The van der Waals surface area contributed by atoms with Gasteiger partial charge >= 0.3 is 0 Å². The largest absolute Gasteiger partial charge is 0.410 e. The van der Waals surface area contributed by atoms with Gasteiger partial charge in [0, 0.05) is 10.9 Å². The van der Waals surface area contributed by atoms with Crippen molar-refractivity contribution in [3.8, 4) is 0 Å². The Balaban J connectivity index is 2.00. The van der Waals surface area contributed by atoms with Crippen LogP contribution in [0.25, 0.3) is 0 Å². The number of halogens is 2. The van der Waals surface area contributed by atoms with Crippen LogP contribution >= 0.6 is 15.9 Å². The first kappa shape index (κ1) is 22.0. The Labute approximate surface area is 178 Å². The molecular weight excluding hydrogens is 437 g/mol. The van der Waals surface area contributed by atoms with E-state index < -0.39 is 19.5 Å². The summed E-state index contributed by atoms with van der Waals surface area (Å²) in [5.74, 6) is -0.0994. The molecule has 1 aromatic rings. The number of benzene rings is 1. The van der Waals surface area contributed by atoms with Crippen LogP contribution < -0.4 is 0 Å². The normalized spacial score (nSPS) is 26.1.